The number of hydrogen-bond donors (Lipinski definition) is 3. The van der Waals surface area contributed by atoms with Crippen LogP contribution >= 0.6 is 0 Å². The first-order chi connectivity index (χ1) is 18.9. The number of hydrogen-bond acceptors (Lipinski definition) is 7. The fourth-order valence-electron chi connectivity index (χ4n) is 4.01. The lowest BCUT2D eigenvalue weighted by molar-refractivity contribution is -0.123. The van der Waals surface area contributed by atoms with E-state index in [0.717, 1.165) is 5.56 Å². The van der Waals surface area contributed by atoms with Crippen molar-refractivity contribution in [2.75, 3.05) is 7.11 Å². The van der Waals surface area contributed by atoms with Crippen LogP contribution in [0.15, 0.2) is 64.1 Å². The van der Waals surface area contributed by atoms with Gasteiger partial charge in [0.15, 0.2) is 17.1 Å². The highest BCUT2D eigenvalue weighted by molar-refractivity contribution is 5.99. The van der Waals surface area contributed by atoms with E-state index in [-0.39, 0.29) is 17.6 Å². The normalized spacial score (nSPS) is 13.2. The number of hydrazone groups is 1. The summed E-state index contributed by atoms with van der Waals surface area (Å²) in [5.41, 5.74) is 3.07. The maximum Gasteiger partial charge on any atom is 0.428 e. The van der Waals surface area contributed by atoms with Crippen molar-refractivity contribution in [3.05, 3.63) is 65.9 Å². The molecule has 3 aromatic rings. The lowest BCUT2D eigenvalue weighted by Crippen LogP contribution is -2.51. The van der Waals surface area contributed by atoms with E-state index in [2.05, 4.69) is 21.2 Å². The van der Waals surface area contributed by atoms with Crippen molar-refractivity contribution in [2.24, 2.45) is 11.0 Å². The lowest BCUT2D eigenvalue weighted by Gasteiger charge is -2.23. The Morgan fingerprint density at radius 1 is 1.02 bits per heavy atom. The van der Waals surface area contributed by atoms with E-state index >= 15 is 0 Å². The van der Waals surface area contributed by atoms with E-state index in [0.29, 0.717) is 29.6 Å². The predicted molar refractivity (Wildman–Crippen MR) is 153 cm³/mol. The van der Waals surface area contributed by atoms with Crippen LogP contribution in [0.3, 0.4) is 0 Å². The number of carbonyl (C=O) groups is 3. The minimum atomic E-state index is -0.840. The van der Waals surface area contributed by atoms with Crippen molar-refractivity contribution < 1.29 is 28.3 Å². The van der Waals surface area contributed by atoms with Crippen LogP contribution in [0, 0.1) is 5.92 Å². The summed E-state index contributed by atoms with van der Waals surface area (Å²) in [4.78, 5) is 38.6. The largest absolute Gasteiger partial charge is 0.493 e. The van der Waals surface area contributed by atoms with Crippen LogP contribution in [0.2, 0.25) is 0 Å². The molecule has 0 unspecified atom stereocenters. The van der Waals surface area contributed by atoms with Crippen LogP contribution in [-0.2, 0) is 16.0 Å². The molecule has 0 spiro atoms. The molecule has 0 saturated carbocycles. The van der Waals surface area contributed by atoms with E-state index in [1.165, 1.54) is 13.3 Å². The Balaban J connectivity index is 1.76. The van der Waals surface area contributed by atoms with Gasteiger partial charge in [0.05, 0.1) is 13.2 Å². The Morgan fingerprint density at radius 3 is 2.40 bits per heavy atom. The van der Waals surface area contributed by atoms with Crippen molar-refractivity contribution >= 4 is 35.1 Å². The van der Waals surface area contributed by atoms with Gasteiger partial charge in [-0.3, -0.25) is 9.59 Å². The second-order valence-corrected chi connectivity index (χ2v) is 10.8. The molecule has 3 rings (SSSR count). The van der Waals surface area contributed by atoms with E-state index in [1.807, 2.05) is 50.2 Å². The standard InChI is InChI=1S/C30H38N4O6/c1-19(2)15-23(33-28(36)25-17-21-13-10-14-24(38-6)26(21)39-25)27(35)32-22(16-20-11-8-7-9-12-20)18-31-34-29(37)40-30(3,4)5/h7-14,17-19,22-23H,15-16H2,1-6H3,(H,32,35)(H,33,36)(H,34,37)/b31-18-/t22-,23-/m0/s1. The van der Waals surface area contributed by atoms with E-state index in [1.54, 1.807) is 39.0 Å². The van der Waals surface area contributed by atoms with Crippen LogP contribution in [0.4, 0.5) is 4.79 Å². The number of para-hydroxylation sites is 1. The molecule has 10 nitrogen and oxygen atoms in total. The summed E-state index contributed by atoms with van der Waals surface area (Å²) >= 11 is 0. The second kappa shape index (κ2) is 13.6. The number of nitrogens with zero attached hydrogens (tertiary/aromatic N) is 1. The van der Waals surface area contributed by atoms with Gasteiger partial charge in [-0.1, -0.05) is 56.3 Å². The smallest absolute Gasteiger partial charge is 0.428 e. The number of benzene rings is 2. The third kappa shape index (κ3) is 9.14. The summed E-state index contributed by atoms with van der Waals surface area (Å²) in [5.74, 6) is -0.206. The Labute approximate surface area is 234 Å². The zero-order chi connectivity index (χ0) is 29.3. The Morgan fingerprint density at radius 2 is 1.75 bits per heavy atom. The van der Waals surface area contributed by atoms with Gasteiger partial charge in [0, 0.05) is 11.6 Å². The van der Waals surface area contributed by atoms with Crippen molar-refractivity contribution in [1.82, 2.24) is 16.1 Å². The molecule has 1 heterocycles. The predicted octanol–water partition coefficient (Wildman–Crippen LogP) is 4.82. The van der Waals surface area contributed by atoms with Crippen LogP contribution < -0.4 is 20.8 Å². The van der Waals surface area contributed by atoms with Crippen LogP contribution in [-0.4, -0.2) is 48.9 Å². The number of nitrogens with one attached hydrogen (secondary N) is 3. The molecule has 40 heavy (non-hydrogen) atoms. The number of methoxy groups -OCH3 is 1. The lowest BCUT2D eigenvalue weighted by atomic mass is 10.0. The van der Waals surface area contributed by atoms with Gasteiger partial charge >= 0.3 is 6.09 Å². The van der Waals surface area contributed by atoms with Gasteiger partial charge in [-0.15, -0.1) is 0 Å². The molecule has 3 amide bonds. The molecule has 214 valence electrons. The van der Waals surface area contributed by atoms with E-state index < -0.39 is 29.7 Å². The molecular weight excluding hydrogens is 512 g/mol. The highest BCUT2D eigenvalue weighted by Gasteiger charge is 2.26. The summed E-state index contributed by atoms with van der Waals surface area (Å²) < 4.78 is 16.3. The average molecular weight is 551 g/mol. The topological polar surface area (TPSA) is 131 Å². The molecule has 0 radical (unpaired) electrons. The summed E-state index contributed by atoms with van der Waals surface area (Å²) in [6, 6.07) is 15.1. The Hall–Kier alpha value is -4.34. The number of fused-ring (bicyclic) bond motifs is 1. The summed E-state index contributed by atoms with van der Waals surface area (Å²) in [6.07, 6.45) is 1.54. The summed E-state index contributed by atoms with van der Waals surface area (Å²) in [5, 5.41) is 10.5. The molecule has 0 fully saturated rings. The minimum Gasteiger partial charge on any atom is -0.493 e. The molecular formula is C30H38N4O6. The number of carbonyl (C=O) groups excluding carboxylic acids is 3. The van der Waals surface area contributed by atoms with E-state index in [9.17, 15) is 14.4 Å². The van der Waals surface area contributed by atoms with E-state index in [4.69, 9.17) is 13.9 Å². The van der Waals surface area contributed by atoms with Gasteiger partial charge in [0.25, 0.3) is 5.91 Å². The molecule has 0 aliphatic rings. The summed E-state index contributed by atoms with van der Waals surface area (Å²) in [7, 11) is 1.53. The van der Waals surface area contributed by atoms with Gasteiger partial charge in [-0.2, -0.15) is 5.10 Å². The number of ether oxygens (including phenoxy) is 2. The van der Waals surface area contributed by atoms with Crippen molar-refractivity contribution in [1.29, 1.82) is 0 Å². The van der Waals surface area contributed by atoms with Crippen molar-refractivity contribution in [3.8, 4) is 5.75 Å². The Kier molecular flexibility index (Phi) is 10.3. The van der Waals surface area contributed by atoms with Crippen molar-refractivity contribution in [2.45, 2.75) is 65.1 Å². The fourth-order valence-corrected chi connectivity index (χ4v) is 4.01. The second-order valence-electron chi connectivity index (χ2n) is 10.8. The third-order valence-electron chi connectivity index (χ3n) is 5.72. The zero-order valence-electron chi connectivity index (χ0n) is 23.8. The van der Waals surface area contributed by atoms with Gasteiger partial charge in [-0.25, -0.2) is 10.2 Å². The fraction of sp³-hybridized carbons (Fsp3) is 0.400. The monoisotopic (exact) mass is 550 g/mol. The molecule has 3 N–H and O–H groups in total. The molecule has 10 heteroatoms. The number of amides is 3. The maximum atomic E-state index is 13.5. The molecule has 2 aromatic carbocycles. The van der Waals surface area contributed by atoms with Crippen LogP contribution in [0.5, 0.6) is 5.75 Å². The van der Waals surface area contributed by atoms with Crippen LogP contribution in [0.1, 0.15) is 57.2 Å². The highest BCUT2D eigenvalue weighted by atomic mass is 16.6. The average Bonchev–Trinajstić information content (AvgIpc) is 3.32. The van der Waals surface area contributed by atoms with Gasteiger partial charge in [0.2, 0.25) is 5.91 Å². The number of rotatable bonds is 11. The molecule has 0 aliphatic heterocycles. The molecule has 0 saturated heterocycles. The SMILES string of the molecule is COc1cccc2cc(C(=O)N[C@@H](CC(C)C)C(=O)N[C@H](/C=N\NC(=O)OC(C)(C)C)Cc3ccccc3)oc12. The van der Waals surface area contributed by atoms with Gasteiger partial charge in [0.1, 0.15) is 11.6 Å². The zero-order valence-corrected chi connectivity index (χ0v) is 23.8. The van der Waals surface area contributed by atoms with Crippen LogP contribution in [0.25, 0.3) is 11.0 Å². The quantitative estimate of drug-likeness (QED) is 0.232. The molecule has 2 atom stereocenters. The van der Waals surface area contributed by atoms with Gasteiger partial charge in [-0.05, 0) is 57.2 Å². The highest BCUT2D eigenvalue weighted by Crippen LogP contribution is 2.28. The first-order valence-corrected chi connectivity index (χ1v) is 13.2. The summed E-state index contributed by atoms with van der Waals surface area (Å²) in [6.45, 7) is 9.18. The molecule has 0 bridgehead atoms. The molecule has 0 aliphatic carbocycles. The number of furan rings is 1. The first kappa shape index (κ1) is 30.2. The Bertz CT molecular complexity index is 1330. The maximum absolute atomic E-state index is 13.5. The van der Waals surface area contributed by atoms with Gasteiger partial charge < -0.3 is 24.5 Å². The van der Waals surface area contributed by atoms with Crippen molar-refractivity contribution in [3.63, 3.8) is 0 Å². The minimum absolute atomic E-state index is 0.0741. The third-order valence-corrected chi connectivity index (χ3v) is 5.72. The molecule has 1 aromatic heterocycles. The first-order valence-electron chi connectivity index (χ1n) is 13.2.